The fraction of sp³-hybridized carbons (Fsp3) is 0.533. The van der Waals surface area contributed by atoms with Gasteiger partial charge in [0.05, 0.1) is 16.4 Å². The molecular weight excluding hydrogens is 260 g/mol. The molecule has 0 amide bonds. The topological polar surface area (TPSA) is 48.6 Å². The van der Waals surface area contributed by atoms with Gasteiger partial charge in [0.2, 0.25) is 0 Å². The lowest BCUT2D eigenvalue weighted by Gasteiger charge is -2.29. The number of fused-ring (bicyclic) bond motifs is 1. The van der Waals surface area contributed by atoms with E-state index in [1.165, 1.54) is 25.7 Å². The van der Waals surface area contributed by atoms with E-state index in [9.17, 15) is 4.79 Å². The van der Waals surface area contributed by atoms with Gasteiger partial charge in [-0.25, -0.2) is 4.79 Å². The SMILES string of the molecule is CC1CCC(C(Cl)c2ccc3[nH]c(=O)[nH]c3c2)CC1. The van der Waals surface area contributed by atoms with Gasteiger partial charge < -0.3 is 9.97 Å². The third-order valence-electron chi connectivity index (χ3n) is 4.33. The van der Waals surface area contributed by atoms with E-state index < -0.39 is 0 Å². The zero-order valence-corrected chi connectivity index (χ0v) is 11.8. The van der Waals surface area contributed by atoms with Crippen LogP contribution in [0.1, 0.15) is 43.5 Å². The molecule has 1 aliphatic rings. The van der Waals surface area contributed by atoms with Crippen molar-refractivity contribution in [3.05, 3.63) is 34.2 Å². The lowest BCUT2D eigenvalue weighted by Crippen LogP contribution is -2.16. The molecule has 3 nitrogen and oxygen atoms in total. The third-order valence-corrected chi connectivity index (χ3v) is 4.94. The highest BCUT2D eigenvalue weighted by Crippen LogP contribution is 2.40. The van der Waals surface area contributed by atoms with Crippen molar-refractivity contribution >= 4 is 22.6 Å². The number of hydrogen-bond acceptors (Lipinski definition) is 1. The molecule has 2 N–H and O–H groups in total. The highest BCUT2D eigenvalue weighted by molar-refractivity contribution is 6.21. The molecule has 1 unspecified atom stereocenters. The second kappa shape index (κ2) is 5.04. The molecule has 1 aromatic heterocycles. The molecule has 0 aliphatic heterocycles. The minimum Gasteiger partial charge on any atom is -0.306 e. The molecule has 0 spiro atoms. The zero-order chi connectivity index (χ0) is 13.4. The van der Waals surface area contributed by atoms with Crippen LogP contribution in [0.5, 0.6) is 0 Å². The molecule has 0 bridgehead atoms. The van der Waals surface area contributed by atoms with Crippen LogP contribution in [0.25, 0.3) is 11.0 Å². The molecule has 0 saturated heterocycles. The van der Waals surface area contributed by atoms with Crippen LogP contribution in [-0.4, -0.2) is 9.97 Å². The predicted molar refractivity (Wildman–Crippen MR) is 78.6 cm³/mol. The molecule has 102 valence electrons. The first-order valence-electron chi connectivity index (χ1n) is 6.99. The van der Waals surface area contributed by atoms with E-state index in [1.807, 2.05) is 18.2 Å². The summed E-state index contributed by atoms with van der Waals surface area (Å²) in [6, 6.07) is 5.97. The molecule has 1 saturated carbocycles. The Bertz CT molecular complexity index is 622. The maximum atomic E-state index is 11.3. The minimum atomic E-state index is -0.162. The fourth-order valence-electron chi connectivity index (χ4n) is 3.07. The number of H-pyrrole nitrogens is 2. The largest absolute Gasteiger partial charge is 0.323 e. The summed E-state index contributed by atoms with van der Waals surface area (Å²) >= 11 is 6.64. The first-order valence-corrected chi connectivity index (χ1v) is 7.43. The normalized spacial score (nSPS) is 25.6. The summed E-state index contributed by atoms with van der Waals surface area (Å²) in [4.78, 5) is 16.8. The predicted octanol–water partition coefficient (Wildman–Crippen LogP) is 3.96. The molecule has 1 atom stereocenters. The van der Waals surface area contributed by atoms with Crippen molar-refractivity contribution in [2.75, 3.05) is 0 Å². The van der Waals surface area contributed by atoms with Crippen LogP contribution in [-0.2, 0) is 0 Å². The van der Waals surface area contributed by atoms with Gasteiger partial charge in [0.1, 0.15) is 0 Å². The minimum absolute atomic E-state index is 0.0512. The molecule has 2 aromatic rings. The number of halogens is 1. The zero-order valence-electron chi connectivity index (χ0n) is 11.1. The Hall–Kier alpha value is -1.22. The molecular formula is C15H19ClN2O. The first-order chi connectivity index (χ1) is 9.13. The summed E-state index contributed by atoms with van der Waals surface area (Å²) in [7, 11) is 0. The Morgan fingerprint density at radius 1 is 1.16 bits per heavy atom. The molecule has 1 heterocycles. The molecule has 1 aliphatic carbocycles. The summed E-state index contributed by atoms with van der Waals surface area (Å²) in [5.74, 6) is 1.39. The van der Waals surface area contributed by atoms with Gasteiger partial charge in [-0.05, 0) is 42.4 Å². The van der Waals surface area contributed by atoms with Crippen LogP contribution in [0, 0.1) is 11.8 Å². The number of hydrogen-bond donors (Lipinski definition) is 2. The van der Waals surface area contributed by atoms with Gasteiger partial charge in [-0.2, -0.15) is 0 Å². The van der Waals surface area contributed by atoms with Crippen molar-refractivity contribution in [2.45, 2.75) is 38.0 Å². The fourth-order valence-corrected chi connectivity index (χ4v) is 3.46. The summed E-state index contributed by atoms with van der Waals surface area (Å²) in [5, 5.41) is 0.0512. The highest BCUT2D eigenvalue weighted by Gasteiger charge is 2.25. The molecule has 0 radical (unpaired) electrons. The van der Waals surface area contributed by atoms with E-state index in [0.29, 0.717) is 5.92 Å². The van der Waals surface area contributed by atoms with Crippen LogP contribution >= 0.6 is 11.6 Å². The van der Waals surface area contributed by atoms with Crippen molar-refractivity contribution in [1.29, 1.82) is 0 Å². The van der Waals surface area contributed by atoms with Crippen molar-refractivity contribution in [1.82, 2.24) is 9.97 Å². The first kappa shape index (κ1) is 12.8. The molecule has 1 fully saturated rings. The van der Waals surface area contributed by atoms with Crippen LogP contribution in [0.3, 0.4) is 0 Å². The van der Waals surface area contributed by atoms with Gasteiger partial charge in [0, 0.05) is 0 Å². The number of benzene rings is 1. The number of aromatic nitrogens is 2. The van der Waals surface area contributed by atoms with E-state index in [0.717, 1.165) is 22.5 Å². The monoisotopic (exact) mass is 278 g/mol. The van der Waals surface area contributed by atoms with Gasteiger partial charge in [-0.1, -0.05) is 25.8 Å². The maximum Gasteiger partial charge on any atom is 0.323 e. The van der Waals surface area contributed by atoms with Crippen LogP contribution in [0.4, 0.5) is 0 Å². The van der Waals surface area contributed by atoms with E-state index in [4.69, 9.17) is 11.6 Å². The Kier molecular flexibility index (Phi) is 3.40. The molecule has 19 heavy (non-hydrogen) atoms. The third kappa shape index (κ3) is 2.57. The highest BCUT2D eigenvalue weighted by atomic mass is 35.5. The van der Waals surface area contributed by atoms with Crippen LogP contribution in [0.2, 0.25) is 0 Å². The van der Waals surface area contributed by atoms with Gasteiger partial charge >= 0.3 is 5.69 Å². The number of aromatic amines is 2. The van der Waals surface area contributed by atoms with Crippen molar-refractivity contribution in [3.8, 4) is 0 Å². The Morgan fingerprint density at radius 2 is 1.84 bits per heavy atom. The average Bonchev–Trinajstić information content (AvgIpc) is 2.77. The summed E-state index contributed by atoms with van der Waals surface area (Å²) < 4.78 is 0. The second-order valence-corrected chi connectivity index (χ2v) is 6.28. The van der Waals surface area contributed by atoms with Gasteiger partial charge in [-0.15, -0.1) is 11.6 Å². The van der Waals surface area contributed by atoms with E-state index in [1.54, 1.807) is 0 Å². The van der Waals surface area contributed by atoms with Crippen molar-refractivity contribution < 1.29 is 0 Å². The van der Waals surface area contributed by atoms with Gasteiger partial charge in [-0.3, -0.25) is 0 Å². The Labute approximate surface area is 117 Å². The van der Waals surface area contributed by atoms with E-state index >= 15 is 0 Å². The lowest BCUT2D eigenvalue weighted by atomic mass is 9.80. The lowest BCUT2D eigenvalue weighted by molar-refractivity contribution is 0.283. The Balaban J connectivity index is 1.84. The molecule has 4 heteroatoms. The van der Waals surface area contributed by atoms with Crippen LogP contribution in [0.15, 0.2) is 23.0 Å². The summed E-state index contributed by atoms with van der Waals surface area (Å²) in [5.41, 5.74) is 2.64. The maximum absolute atomic E-state index is 11.3. The van der Waals surface area contributed by atoms with Gasteiger partial charge in [0.15, 0.2) is 0 Å². The standard InChI is InChI=1S/C15H19ClN2O/c1-9-2-4-10(5-3-9)14(16)11-6-7-12-13(8-11)18-15(19)17-12/h6-10,14H,2-5H2,1H3,(H2,17,18,19). The quantitative estimate of drug-likeness (QED) is 0.803. The Morgan fingerprint density at radius 3 is 2.58 bits per heavy atom. The number of imidazole rings is 1. The smallest absolute Gasteiger partial charge is 0.306 e. The van der Waals surface area contributed by atoms with Crippen LogP contribution < -0.4 is 5.69 Å². The van der Waals surface area contributed by atoms with E-state index in [2.05, 4.69) is 16.9 Å². The molecule has 3 rings (SSSR count). The summed E-state index contributed by atoms with van der Waals surface area (Å²) in [6.45, 7) is 2.32. The molecule has 1 aromatic carbocycles. The van der Waals surface area contributed by atoms with Gasteiger partial charge in [0.25, 0.3) is 0 Å². The van der Waals surface area contributed by atoms with Crippen molar-refractivity contribution in [2.24, 2.45) is 11.8 Å². The van der Waals surface area contributed by atoms with E-state index in [-0.39, 0.29) is 11.1 Å². The number of nitrogens with one attached hydrogen (secondary N) is 2. The van der Waals surface area contributed by atoms with Crippen molar-refractivity contribution in [3.63, 3.8) is 0 Å². The number of rotatable bonds is 2. The second-order valence-electron chi connectivity index (χ2n) is 5.81. The number of alkyl halides is 1. The average molecular weight is 279 g/mol. The summed E-state index contributed by atoms with van der Waals surface area (Å²) in [6.07, 6.45) is 4.96.